The van der Waals surface area contributed by atoms with Crippen molar-refractivity contribution in [1.29, 1.82) is 0 Å². The fourth-order valence-corrected chi connectivity index (χ4v) is 1.87. The lowest BCUT2D eigenvalue weighted by Gasteiger charge is -2.26. The monoisotopic (exact) mass is 291 g/mol. The molecule has 5 heteroatoms. The summed E-state index contributed by atoms with van der Waals surface area (Å²) in [4.78, 5) is 35.5. The fraction of sp³-hybridized carbons (Fsp3) is 0.438. The van der Waals surface area contributed by atoms with Crippen LogP contribution in [0.5, 0.6) is 0 Å². The fourth-order valence-electron chi connectivity index (χ4n) is 1.87. The maximum absolute atomic E-state index is 11.9. The maximum Gasteiger partial charge on any atom is 0.331 e. The number of rotatable bonds is 7. The van der Waals surface area contributed by atoms with E-state index in [1.54, 1.807) is 38.1 Å². The number of methoxy groups -OCH3 is 1. The van der Waals surface area contributed by atoms with Gasteiger partial charge in [-0.1, -0.05) is 37.3 Å². The Kier molecular flexibility index (Phi) is 6.09. The van der Waals surface area contributed by atoms with Crippen LogP contribution in [0.25, 0.3) is 0 Å². The highest BCUT2D eigenvalue weighted by atomic mass is 16.5. The van der Waals surface area contributed by atoms with Crippen molar-refractivity contribution in [3.8, 4) is 0 Å². The predicted octanol–water partition coefficient (Wildman–Crippen LogP) is 2.11. The number of nitrogens with one attached hydrogen (secondary N) is 1. The quantitative estimate of drug-likeness (QED) is 0.617. The van der Waals surface area contributed by atoms with Crippen molar-refractivity contribution in [1.82, 2.24) is 5.32 Å². The molecule has 114 valence electrons. The zero-order chi connectivity index (χ0) is 15.9. The van der Waals surface area contributed by atoms with Crippen molar-refractivity contribution >= 4 is 17.7 Å². The predicted molar refractivity (Wildman–Crippen MR) is 78.9 cm³/mol. The van der Waals surface area contributed by atoms with Crippen molar-refractivity contribution in [3.05, 3.63) is 35.9 Å². The van der Waals surface area contributed by atoms with Crippen molar-refractivity contribution in [2.45, 2.75) is 38.6 Å². The van der Waals surface area contributed by atoms with E-state index in [2.05, 4.69) is 10.1 Å². The number of benzene rings is 1. The number of hydrogen-bond acceptors (Lipinski definition) is 4. The maximum atomic E-state index is 11.9. The van der Waals surface area contributed by atoms with Gasteiger partial charge < -0.3 is 10.1 Å². The average molecular weight is 291 g/mol. The van der Waals surface area contributed by atoms with Crippen LogP contribution in [0, 0.1) is 0 Å². The van der Waals surface area contributed by atoms with Crippen LogP contribution < -0.4 is 5.32 Å². The zero-order valence-corrected chi connectivity index (χ0v) is 12.6. The molecule has 0 aliphatic carbocycles. The molecule has 0 aliphatic heterocycles. The lowest BCUT2D eigenvalue weighted by molar-refractivity contribution is -0.150. The average Bonchev–Trinajstić information content (AvgIpc) is 2.52. The second-order valence-electron chi connectivity index (χ2n) is 5.01. The topological polar surface area (TPSA) is 72.5 Å². The summed E-state index contributed by atoms with van der Waals surface area (Å²) < 4.78 is 4.68. The van der Waals surface area contributed by atoms with Crippen LogP contribution in [0.1, 0.15) is 43.5 Å². The first-order valence-corrected chi connectivity index (χ1v) is 6.90. The number of esters is 1. The number of ketones is 1. The Bertz CT molecular complexity index is 512. The zero-order valence-electron chi connectivity index (χ0n) is 12.6. The molecule has 0 spiro atoms. The van der Waals surface area contributed by atoms with Crippen molar-refractivity contribution < 1.29 is 19.1 Å². The Morgan fingerprint density at radius 2 is 1.76 bits per heavy atom. The minimum absolute atomic E-state index is 0.0420. The van der Waals surface area contributed by atoms with E-state index in [0.29, 0.717) is 12.0 Å². The molecular weight excluding hydrogens is 270 g/mol. The van der Waals surface area contributed by atoms with Gasteiger partial charge in [0.25, 0.3) is 0 Å². The highest BCUT2D eigenvalue weighted by Crippen LogP contribution is 2.12. The van der Waals surface area contributed by atoms with E-state index in [-0.39, 0.29) is 24.5 Å². The highest BCUT2D eigenvalue weighted by Gasteiger charge is 2.33. The van der Waals surface area contributed by atoms with E-state index >= 15 is 0 Å². The Labute approximate surface area is 124 Å². The van der Waals surface area contributed by atoms with Crippen LogP contribution in [0.2, 0.25) is 0 Å². The number of hydrogen-bond donors (Lipinski definition) is 1. The molecule has 0 saturated carbocycles. The van der Waals surface area contributed by atoms with Crippen LogP contribution in [-0.4, -0.2) is 30.3 Å². The van der Waals surface area contributed by atoms with E-state index < -0.39 is 11.5 Å². The summed E-state index contributed by atoms with van der Waals surface area (Å²) in [5, 5.41) is 2.63. The Morgan fingerprint density at radius 3 is 2.29 bits per heavy atom. The molecule has 5 nitrogen and oxygen atoms in total. The minimum Gasteiger partial charge on any atom is -0.467 e. The first-order chi connectivity index (χ1) is 9.92. The first kappa shape index (κ1) is 16.9. The second-order valence-corrected chi connectivity index (χ2v) is 5.01. The lowest BCUT2D eigenvalue weighted by atomic mass is 9.98. The normalized spacial score (nSPS) is 13.1. The van der Waals surface area contributed by atoms with Crippen molar-refractivity contribution in [3.63, 3.8) is 0 Å². The lowest BCUT2D eigenvalue weighted by Crippen LogP contribution is -2.52. The third-order valence-corrected chi connectivity index (χ3v) is 3.43. The summed E-state index contributed by atoms with van der Waals surface area (Å²) >= 11 is 0. The number of carbonyl (C=O) groups is 3. The summed E-state index contributed by atoms with van der Waals surface area (Å²) in [6.45, 7) is 3.39. The molecule has 1 N–H and O–H groups in total. The summed E-state index contributed by atoms with van der Waals surface area (Å²) in [5.41, 5.74) is -0.474. The van der Waals surface area contributed by atoms with Crippen molar-refractivity contribution in [2.24, 2.45) is 0 Å². The molecule has 1 aromatic rings. The van der Waals surface area contributed by atoms with Crippen LogP contribution in [-0.2, 0) is 14.3 Å². The molecule has 0 radical (unpaired) electrons. The molecule has 21 heavy (non-hydrogen) atoms. The van der Waals surface area contributed by atoms with Gasteiger partial charge in [0.05, 0.1) is 7.11 Å². The molecule has 0 unspecified atom stereocenters. The van der Waals surface area contributed by atoms with E-state index in [1.807, 2.05) is 6.07 Å². The van der Waals surface area contributed by atoms with E-state index in [1.165, 1.54) is 7.11 Å². The van der Waals surface area contributed by atoms with Crippen LogP contribution >= 0.6 is 0 Å². The third kappa shape index (κ3) is 4.70. The Hall–Kier alpha value is -2.17. The smallest absolute Gasteiger partial charge is 0.331 e. The van der Waals surface area contributed by atoms with Crippen LogP contribution in [0.3, 0.4) is 0 Å². The van der Waals surface area contributed by atoms with Crippen LogP contribution in [0.4, 0.5) is 0 Å². The molecule has 0 fully saturated rings. The summed E-state index contributed by atoms with van der Waals surface area (Å²) in [6, 6.07) is 8.81. The Morgan fingerprint density at radius 1 is 1.14 bits per heavy atom. The molecule has 1 aromatic carbocycles. The highest BCUT2D eigenvalue weighted by molar-refractivity contribution is 5.98. The molecule has 1 amide bonds. The van der Waals surface area contributed by atoms with Crippen LogP contribution in [0.15, 0.2) is 30.3 Å². The van der Waals surface area contributed by atoms with Gasteiger partial charge in [-0.2, -0.15) is 0 Å². The van der Waals surface area contributed by atoms with E-state index in [0.717, 1.165) is 0 Å². The minimum atomic E-state index is -1.05. The van der Waals surface area contributed by atoms with E-state index in [9.17, 15) is 14.4 Å². The Balaban J connectivity index is 2.54. The van der Waals surface area contributed by atoms with E-state index in [4.69, 9.17) is 0 Å². The van der Waals surface area contributed by atoms with Gasteiger partial charge in [0.2, 0.25) is 5.91 Å². The second kappa shape index (κ2) is 7.57. The molecule has 1 rings (SSSR count). The summed E-state index contributed by atoms with van der Waals surface area (Å²) in [7, 11) is 1.28. The number of amides is 1. The van der Waals surface area contributed by atoms with Gasteiger partial charge in [0.1, 0.15) is 5.54 Å². The molecule has 0 bridgehead atoms. The SMILES string of the molecule is CC[C@@](C)(NC(=O)CCC(=O)c1ccccc1)C(=O)OC. The van der Waals surface area contributed by atoms with Gasteiger partial charge >= 0.3 is 5.97 Å². The van der Waals surface area contributed by atoms with Gasteiger partial charge in [-0.15, -0.1) is 0 Å². The summed E-state index contributed by atoms with van der Waals surface area (Å²) in [5.74, 6) is -0.927. The number of ether oxygens (including phenoxy) is 1. The largest absolute Gasteiger partial charge is 0.467 e. The molecule has 0 aromatic heterocycles. The number of carbonyl (C=O) groups excluding carboxylic acids is 3. The third-order valence-electron chi connectivity index (χ3n) is 3.43. The summed E-state index contributed by atoms with van der Waals surface area (Å²) in [6.07, 6.45) is 0.565. The molecular formula is C16H21NO4. The van der Waals surface area contributed by atoms with Gasteiger partial charge in [0.15, 0.2) is 5.78 Å². The number of Topliss-reactive ketones (excluding diaryl/α,β-unsaturated/α-hetero) is 1. The van der Waals surface area contributed by atoms with Gasteiger partial charge in [-0.25, -0.2) is 4.79 Å². The standard InChI is InChI=1S/C16H21NO4/c1-4-16(2,15(20)21-3)17-14(19)11-10-13(18)12-8-6-5-7-9-12/h5-9H,4,10-11H2,1-3H3,(H,17,19)/t16-/m1/s1. The van der Waals surface area contributed by atoms with Gasteiger partial charge in [-0.3, -0.25) is 9.59 Å². The van der Waals surface area contributed by atoms with Crippen molar-refractivity contribution in [2.75, 3.05) is 7.11 Å². The van der Waals surface area contributed by atoms with Gasteiger partial charge in [-0.05, 0) is 13.3 Å². The molecule has 0 aliphatic rings. The first-order valence-electron chi connectivity index (χ1n) is 6.90. The van der Waals surface area contributed by atoms with Gasteiger partial charge in [0, 0.05) is 18.4 Å². The molecule has 0 saturated heterocycles. The molecule has 0 heterocycles. The molecule has 1 atom stereocenters.